The van der Waals surface area contributed by atoms with Crippen molar-refractivity contribution < 1.29 is 14.3 Å². The summed E-state index contributed by atoms with van der Waals surface area (Å²) >= 11 is 1.33. The number of carbonyl (C=O) groups is 2. The predicted octanol–water partition coefficient (Wildman–Crippen LogP) is 1.58. The SMILES string of the molecule is CC(=O)c1cccc(NC(=O)CSc2nnc(CN3CCOCC3)n2C)c1. The summed E-state index contributed by atoms with van der Waals surface area (Å²) in [5.74, 6) is 0.896. The number of anilines is 1. The number of hydrogen-bond donors (Lipinski definition) is 1. The molecule has 1 N–H and O–H groups in total. The normalized spacial score (nSPS) is 14.9. The molecule has 1 aliphatic rings. The Kier molecular flexibility index (Phi) is 6.59. The van der Waals surface area contributed by atoms with Crippen LogP contribution in [0.1, 0.15) is 23.1 Å². The first-order chi connectivity index (χ1) is 13.0. The molecule has 0 bridgehead atoms. The molecule has 0 atom stereocenters. The van der Waals surface area contributed by atoms with E-state index < -0.39 is 0 Å². The second-order valence-corrected chi connectivity index (χ2v) is 7.26. The van der Waals surface area contributed by atoms with Gasteiger partial charge in [0.25, 0.3) is 0 Å². The molecule has 0 unspecified atom stereocenters. The van der Waals surface area contributed by atoms with Crippen molar-refractivity contribution in [1.29, 1.82) is 0 Å². The number of Topliss-reactive ketones (excluding diaryl/α,β-unsaturated/α-hetero) is 1. The first-order valence-electron chi connectivity index (χ1n) is 8.75. The lowest BCUT2D eigenvalue weighted by molar-refractivity contribution is -0.113. The monoisotopic (exact) mass is 389 g/mol. The summed E-state index contributed by atoms with van der Waals surface area (Å²) in [7, 11) is 1.91. The third-order valence-electron chi connectivity index (χ3n) is 4.28. The van der Waals surface area contributed by atoms with E-state index in [4.69, 9.17) is 4.74 Å². The van der Waals surface area contributed by atoms with E-state index in [9.17, 15) is 9.59 Å². The van der Waals surface area contributed by atoms with Gasteiger partial charge in [0.15, 0.2) is 10.9 Å². The maximum absolute atomic E-state index is 12.2. The van der Waals surface area contributed by atoms with E-state index in [2.05, 4.69) is 20.4 Å². The van der Waals surface area contributed by atoms with Crippen LogP contribution < -0.4 is 5.32 Å². The van der Waals surface area contributed by atoms with Gasteiger partial charge in [0.2, 0.25) is 5.91 Å². The lowest BCUT2D eigenvalue weighted by Crippen LogP contribution is -2.36. The highest BCUT2D eigenvalue weighted by Gasteiger charge is 2.16. The van der Waals surface area contributed by atoms with Crippen LogP contribution in [0.2, 0.25) is 0 Å². The Labute approximate surface area is 162 Å². The molecule has 1 amide bonds. The van der Waals surface area contributed by atoms with Gasteiger partial charge >= 0.3 is 0 Å². The summed E-state index contributed by atoms with van der Waals surface area (Å²) < 4.78 is 7.28. The van der Waals surface area contributed by atoms with E-state index in [0.29, 0.717) is 16.4 Å². The van der Waals surface area contributed by atoms with Gasteiger partial charge in [-0.1, -0.05) is 23.9 Å². The number of aromatic nitrogens is 3. The van der Waals surface area contributed by atoms with Gasteiger partial charge < -0.3 is 14.6 Å². The lowest BCUT2D eigenvalue weighted by atomic mass is 10.1. The van der Waals surface area contributed by atoms with E-state index >= 15 is 0 Å². The van der Waals surface area contributed by atoms with Crippen molar-refractivity contribution in [1.82, 2.24) is 19.7 Å². The molecule has 1 aromatic carbocycles. The number of carbonyl (C=O) groups excluding carboxylic acids is 2. The molecular formula is C18H23N5O3S. The van der Waals surface area contributed by atoms with E-state index in [0.717, 1.165) is 38.7 Å². The molecule has 0 spiro atoms. The zero-order valence-corrected chi connectivity index (χ0v) is 16.3. The first kappa shape index (κ1) is 19.5. The van der Waals surface area contributed by atoms with Crippen molar-refractivity contribution in [3.8, 4) is 0 Å². The molecule has 2 aromatic rings. The largest absolute Gasteiger partial charge is 0.379 e. The fourth-order valence-electron chi connectivity index (χ4n) is 2.71. The Bertz CT molecular complexity index is 817. The first-order valence-corrected chi connectivity index (χ1v) is 9.73. The third-order valence-corrected chi connectivity index (χ3v) is 5.30. The van der Waals surface area contributed by atoms with Crippen LogP contribution in [0.3, 0.4) is 0 Å². The third kappa shape index (κ3) is 5.38. The van der Waals surface area contributed by atoms with Gasteiger partial charge in [0, 0.05) is 31.4 Å². The second kappa shape index (κ2) is 9.12. The molecule has 144 valence electrons. The van der Waals surface area contributed by atoms with Gasteiger partial charge in [-0.05, 0) is 19.1 Å². The van der Waals surface area contributed by atoms with Gasteiger partial charge in [0.05, 0.1) is 25.5 Å². The zero-order chi connectivity index (χ0) is 19.2. The average Bonchev–Trinajstić information content (AvgIpc) is 3.01. The highest BCUT2D eigenvalue weighted by Crippen LogP contribution is 2.18. The van der Waals surface area contributed by atoms with Gasteiger partial charge in [-0.25, -0.2) is 0 Å². The number of ketones is 1. The summed E-state index contributed by atoms with van der Waals surface area (Å²) in [6.07, 6.45) is 0. The zero-order valence-electron chi connectivity index (χ0n) is 15.5. The molecule has 9 heteroatoms. The molecule has 0 aliphatic carbocycles. The number of nitrogens with one attached hydrogen (secondary N) is 1. The highest BCUT2D eigenvalue weighted by atomic mass is 32.2. The van der Waals surface area contributed by atoms with E-state index in [1.165, 1.54) is 18.7 Å². The Morgan fingerprint density at radius 3 is 2.78 bits per heavy atom. The number of morpholine rings is 1. The molecule has 1 fully saturated rings. The van der Waals surface area contributed by atoms with Crippen LogP contribution in [0.25, 0.3) is 0 Å². The van der Waals surface area contributed by atoms with Crippen molar-refractivity contribution in [3.63, 3.8) is 0 Å². The molecule has 27 heavy (non-hydrogen) atoms. The van der Waals surface area contributed by atoms with E-state index in [1.54, 1.807) is 24.3 Å². The molecule has 0 saturated carbocycles. The minimum atomic E-state index is -0.154. The highest BCUT2D eigenvalue weighted by molar-refractivity contribution is 7.99. The van der Waals surface area contributed by atoms with Gasteiger partial charge in [0.1, 0.15) is 5.82 Å². The molecular weight excluding hydrogens is 366 g/mol. The summed E-state index contributed by atoms with van der Waals surface area (Å²) in [4.78, 5) is 25.9. The fourth-order valence-corrected chi connectivity index (χ4v) is 3.44. The van der Waals surface area contributed by atoms with Gasteiger partial charge in [-0.3, -0.25) is 14.5 Å². The standard InChI is InChI=1S/C18H23N5O3S/c1-13(24)14-4-3-5-15(10-14)19-17(25)12-27-18-21-20-16(22(18)2)11-23-6-8-26-9-7-23/h3-5,10H,6-9,11-12H2,1-2H3,(H,19,25). The smallest absolute Gasteiger partial charge is 0.234 e. The molecule has 3 rings (SSSR count). The predicted molar refractivity (Wildman–Crippen MR) is 103 cm³/mol. The molecule has 2 heterocycles. The van der Waals surface area contributed by atoms with Crippen LogP contribution in [0, 0.1) is 0 Å². The van der Waals surface area contributed by atoms with Crippen LogP contribution >= 0.6 is 11.8 Å². The lowest BCUT2D eigenvalue weighted by Gasteiger charge is -2.25. The fraction of sp³-hybridized carbons (Fsp3) is 0.444. The van der Waals surface area contributed by atoms with Crippen molar-refractivity contribution in [3.05, 3.63) is 35.7 Å². The molecule has 1 aliphatic heterocycles. The number of hydrogen-bond acceptors (Lipinski definition) is 7. The molecule has 1 saturated heterocycles. The summed E-state index contributed by atoms with van der Waals surface area (Å²) in [5, 5.41) is 11.9. The maximum Gasteiger partial charge on any atom is 0.234 e. The minimum Gasteiger partial charge on any atom is -0.379 e. The maximum atomic E-state index is 12.2. The summed E-state index contributed by atoms with van der Waals surface area (Å²) in [6, 6.07) is 6.91. The quantitative estimate of drug-likeness (QED) is 0.568. The van der Waals surface area contributed by atoms with Crippen LogP contribution in [-0.4, -0.2) is 63.4 Å². The number of benzene rings is 1. The van der Waals surface area contributed by atoms with Crippen LogP contribution in [0.5, 0.6) is 0 Å². The van der Waals surface area contributed by atoms with Gasteiger partial charge in [-0.2, -0.15) is 0 Å². The number of rotatable bonds is 7. The van der Waals surface area contributed by atoms with E-state index in [1.807, 2.05) is 11.6 Å². The Balaban J connectivity index is 1.53. The molecule has 1 aromatic heterocycles. The molecule has 0 radical (unpaired) electrons. The van der Waals surface area contributed by atoms with Crippen molar-refractivity contribution in [2.75, 3.05) is 37.4 Å². The van der Waals surface area contributed by atoms with Crippen molar-refractivity contribution >= 4 is 29.1 Å². The second-order valence-electron chi connectivity index (χ2n) is 6.32. The Morgan fingerprint density at radius 2 is 2.04 bits per heavy atom. The number of thioether (sulfide) groups is 1. The van der Waals surface area contributed by atoms with E-state index in [-0.39, 0.29) is 17.4 Å². The van der Waals surface area contributed by atoms with Crippen molar-refractivity contribution in [2.24, 2.45) is 7.05 Å². The summed E-state index contributed by atoms with van der Waals surface area (Å²) in [5.41, 5.74) is 1.18. The number of nitrogens with zero attached hydrogens (tertiary/aromatic N) is 4. The topological polar surface area (TPSA) is 89.3 Å². The average molecular weight is 389 g/mol. The Hall–Kier alpha value is -2.23. The number of amides is 1. The Morgan fingerprint density at radius 1 is 1.26 bits per heavy atom. The van der Waals surface area contributed by atoms with Crippen LogP contribution in [-0.2, 0) is 23.1 Å². The van der Waals surface area contributed by atoms with Crippen molar-refractivity contribution in [2.45, 2.75) is 18.6 Å². The number of ether oxygens (including phenoxy) is 1. The molecule has 8 nitrogen and oxygen atoms in total. The van der Waals surface area contributed by atoms with Crippen LogP contribution in [0.15, 0.2) is 29.4 Å². The van der Waals surface area contributed by atoms with Crippen LogP contribution in [0.4, 0.5) is 5.69 Å². The summed E-state index contributed by atoms with van der Waals surface area (Å²) in [6.45, 7) is 5.47. The minimum absolute atomic E-state index is 0.0349. The van der Waals surface area contributed by atoms with Gasteiger partial charge in [-0.15, -0.1) is 10.2 Å².